The fourth-order valence-electron chi connectivity index (χ4n) is 3.80. The molecule has 0 radical (unpaired) electrons. The fraction of sp³-hybridized carbons (Fsp3) is 0.562. The van der Waals surface area contributed by atoms with E-state index in [0.29, 0.717) is 24.0 Å². The number of aromatic nitrogens is 4. The third-order valence-electron chi connectivity index (χ3n) is 4.20. The number of aliphatic hydroxyl groups is 1. The molecule has 0 bridgehead atoms. The van der Waals surface area contributed by atoms with E-state index in [2.05, 4.69) is 40.9 Å². The Balaban J connectivity index is 1.92. The van der Waals surface area contributed by atoms with Crippen LogP contribution in [-0.4, -0.2) is 25.3 Å². The minimum atomic E-state index is -0.922. The number of rotatable bonds is 2. The van der Waals surface area contributed by atoms with Crippen molar-refractivity contribution in [3.05, 3.63) is 30.4 Å². The van der Waals surface area contributed by atoms with E-state index in [9.17, 15) is 5.11 Å². The molecule has 5 nitrogen and oxygen atoms in total. The lowest BCUT2D eigenvalue weighted by Gasteiger charge is -2.43. The number of pyridine rings is 1. The van der Waals surface area contributed by atoms with Crippen LogP contribution in [0.1, 0.15) is 45.9 Å². The van der Waals surface area contributed by atoms with Crippen LogP contribution in [0.2, 0.25) is 0 Å². The third-order valence-corrected chi connectivity index (χ3v) is 4.20. The maximum Gasteiger partial charge on any atom is 0.182 e. The highest BCUT2D eigenvalue weighted by molar-refractivity contribution is 5.52. The van der Waals surface area contributed by atoms with Crippen LogP contribution in [-0.2, 0) is 5.60 Å². The monoisotopic (exact) mass is 286 g/mol. The topological polar surface area (TPSA) is 74.7 Å². The maximum absolute atomic E-state index is 11.1. The van der Waals surface area contributed by atoms with Crippen molar-refractivity contribution < 1.29 is 5.11 Å². The van der Waals surface area contributed by atoms with E-state index in [1.165, 1.54) is 0 Å². The van der Waals surface area contributed by atoms with Crippen molar-refractivity contribution in [1.82, 2.24) is 20.2 Å². The number of aromatic amines is 1. The molecule has 0 spiro atoms. The van der Waals surface area contributed by atoms with Gasteiger partial charge in [-0.25, -0.2) is 4.98 Å². The summed E-state index contributed by atoms with van der Waals surface area (Å²) in [6.07, 6.45) is 5.99. The van der Waals surface area contributed by atoms with Gasteiger partial charge >= 0.3 is 0 Å². The Morgan fingerprint density at radius 3 is 2.81 bits per heavy atom. The summed E-state index contributed by atoms with van der Waals surface area (Å²) in [7, 11) is 0. The highest BCUT2D eigenvalue weighted by Crippen LogP contribution is 2.47. The average Bonchev–Trinajstić information content (AvgIpc) is 2.87. The van der Waals surface area contributed by atoms with Crippen LogP contribution in [0.3, 0.4) is 0 Å². The lowest BCUT2D eigenvalue weighted by atomic mass is 9.65. The highest BCUT2D eigenvalue weighted by atomic mass is 16.3. The Labute approximate surface area is 124 Å². The molecule has 0 aliphatic heterocycles. The molecule has 1 saturated carbocycles. The Hall–Kier alpha value is -1.75. The first kappa shape index (κ1) is 14.2. The molecule has 1 fully saturated rings. The number of nitrogens with one attached hydrogen (secondary N) is 1. The molecular weight excluding hydrogens is 264 g/mol. The first-order chi connectivity index (χ1) is 9.88. The zero-order valence-electron chi connectivity index (χ0n) is 12.8. The largest absolute Gasteiger partial charge is 0.382 e. The number of H-pyrrole nitrogens is 1. The van der Waals surface area contributed by atoms with Crippen molar-refractivity contribution in [3.63, 3.8) is 0 Å². The Kier molecular flexibility index (Phi) is 3.32. The van der Waals surface area contributed by atoms with Crippen molar-refractivity contribution in [3.8, 4) is 11.4 Å². The van der Waals surface area contributed by atoms with Crippen molar-refractivity contribution in [2.45, 2.75) is 45.6 Å². The zero-order chi connectivity index (χ0) is 15.1. The Morgan fingerprint density at radius 2 is 2.14 bits per heavy atom. The molecule has 2 atom stereocenters. The van der Waals surface area contributed by atoms with Crippen molar-refractivity contribution in [2.24, 2.45) is 11.3 Å². The van der Waals surface area contributed by atoms with E-state index in [1.807, 2.05) is 12.1 Å². The van der Waals surface area contributed by atoms with E-state index in [0.717, 1.165) is 18.4 Å². The van der Waals surface area contributed by atoms with Crippen LogP contribution < -0.4 is 0 Å². The molecule has 2 heterocycles. The van der Waals surface area contributed by atoms with Gasteiger partial charge in [0, 0.05) is 18.0 Å². The predicted octanol–water partition coefficient (Wildman–Crippen LogP) is 2.90. The van der Waals surface area contributed by atoms with Crippen molar-refractivity contribution in [2.75, 3.05) is 0 Å². The second-order valence-electron chi connectivity index (χ2n) is 7.14. The second-order valence-corrected chi connectivity index (χ2v) is 7.14. The summed E-state index contributed by atoms with van der Waals surface area (Å²) in [6, 6.07) is 3.77. The minimum Gasteiger partial charge on any atom is -0.382 e. The molecular formula is C16H22N4O. The SMILES string of the molecule is CC1CC(C)(C)CC(O)(c2nc(-c3cccnc3)n[nH]2)C1. The van der Waals surface area contributed by atoms with Gasteiger partial charge in [-0.3, -0.25) is 10.1 Å². The molecule has 0 saturated heterocycles. The number of hydrogen-bond acceptors (Lipinski definition) is 4. The zero-order valence-corrected chi connectivity index (χ0v) is 12.8. The Morgan fingerprint density at radius 1 is 1.33 bits per heavy atom. The molecule has 3 rings (SSSR count). The van der Waals surface area contributed by atoms with Crippen LogP contribution in [0.4, 0.5) is 0 Å². The molecule has 2 aromatic rings. The lowest BCUT2D eigenvalue weighted by molar-refractivity contribution is -0.0695. The van der Waals surface area contributed by atoms with Gasteiger partial charge in [-0.1, -0.05) is 20.8 Å². The van der Waals surface area contributed by atoms with Crippen molar-refractivity contribution >= 4 is 0 Å². The standard InChI is InChI=1S/C16H22N4O/c1-11-7-15(2,3)10-16(21,8-11)14-18-13(19-20-14)12-5-4-6-17-9-12/h4-6,9,11,21H,7-8,10H2,1-3H3,(H,18,19,20). The lowest BCUT2D eigenvalue weighted by Crippen LogP contribution is -2.40. The molecule has 0 amide bonds. The summed E-state index contributed by atoms with van der Waals surface area (Å²) < 4.78 is 0. The van der Waals surface area contributed by atoms with Crippen LogP contribution in [0.15, 0.2) is 24.5 Å². The second kappa shape index (κ2) is 4.91. The van der Waals surface area contributed by atoms with Gasteiger partial charge in [-0.15, -0.1) is 0 Å². The smallest absolute Gasteiger partial charge is 0.182 e. The van der Waals surface area contributed by atoms with E-state index in [-0.39, 0.29) is 5.41 Å². The van der Waals surface area contributed by atoms with Crippen LogP contribution in [0, 0.1) is 11.3 Å². The number of nitrogens with zero attached hydrogens (tertiary/aromatic N) is 3. The van der Waals surface area contributed by atoms with E-state index >= 15 is 0 Å². The van der Waals surface area contributed by atoms with Gasteiger partial charge in [0.05, 0.1) is 0 Å². The molecule has 1 aliphatic rings. The average molecular weight is 286 g/mol. The summed E-state index contributed by atoms with van der Waals surface area (Å²) in [5.41, 5.74) is 0.0363. The molecule has 2 aromatic heterocycles. The molecule has 1 aliphatic carbocycles. The van der Waals surface area contributed by atoms with Crippen molar-refractivity contribution in [1.29, 1.82) is 0 Å². The maximum atomic E-state index is 11.1. The number of hydrogen-bond donors (Lipinski definition) is 2. The van der Waals surface area contributed by atoms with Gasteiger partial charge in [-0.05, 0) is 42.7 Å². The van der Waals surface area contributed by atoms with Crippen LogP contribution in [0.25, 0.3) is 11.4 Å². The fourth-order valence-corrected chi connectivity index (χ4v) is 3.80. The van der Waals surface area contributed by atoms with Gasteiger partial charge < -0.3 is 5.11 Å². The third kappa shape index (κ3) is 2.83. The van der Waals surface area contributed by atoms with Gasteiger partial charge in [0.15, 0.2) is 11.6 Å². The van der Waals surface area contributed by atoms with E-state index < -0.39 is 5.60 Å². The molecule has 0 aromatic carbocycles. The molecule has 2 unspecified atom stereocenters. The summed E-state index contributed by atoms with van der Waals surface area (Å²) in [5, 5.41) is 18.2. The molecule has 112 valence electrons. The summed E-state index contributed by atoms with van der Waals surface area (Å²) in [4.78, 5) is 8.60. The molecule has 2 N–H and O–H groups in total. The Bertz CT molecular complexity index is 622. The predicted molar refractivity (Wildman–Crippen MR) is 80.3 cm³/mol. The first-order valence-corrected chi connectivity index (χ1v) is 7.44. The summed E-state index contributed by atoms with van der Waals surface area (Å²) >= 11 is 0. The van der Waals surface area contributed by atoms with Gasteiger partial charge in [0.1, 0.15) is 5.60 Å². The molecule has 21 heavy (non-hydrogen) atoms. The normalized spacial score (nSPS) is 28.5. The quantitative estimate of drug-likeness (QED) is 0.890. The summed E-state index contributed by atoms with van der Waals surface area (Å²) in [5.74, 6) is 1.62. The summed E-state index contributed by atoms with van der Waals surface area (Å²) in [6.45, 7) is 6.59. The van der Waals surface area contributed by atoms with Gasteiger partial charge in [-0.2, -0.15) is 5.10 Å². The molecule has 5 heteroatoms. The first-order valence-electron chi connectivity index (χ1n) is 7.44. The minimum absolute atomic E-state index is 0.105. The van der Waals surface area contributed by atoms with Crippen LogP contribution in [0.5, 0.6) is 0 Å². The van der Waals surface area contributed by atoms with E-state index in [1.54, 1.807) is 12.4 Å². The van der Waals surface area contributed by atoms with Crippen LogP contribution >= 0.6 is 0 Å². The van der Waals surface area contributed by atoms with Gasteiger partial charge in [0.2, 0.25) is 0 Å². The highest BCUT2D eigenvalue weighted by Gasteiger charge is 2.44. The van der Waals surface area contributed by atoms with Gasteiger partial charge in [0.25, 0.3) is 0 Å². The van der Waals surface area contributed by atoms with E-state index in [4.69, 9.17) is 0 Å².